The number of carboxylic acids is 1. The van der Waals surface area contributed by atoms with Crippen LogP contribution in [-0.2, 0) is 9.59 Å². The molecule has 0 heterocycles. The second-order valence-corrected chi connectivity index (χ2v) is 5.61. The highest BCUT2D eigenvalue weighted by molar-refractivity contribution is 5.92. The van der Waals surface area contributed by atoms with Crippen LogP contribution < -0.4 is 5.32 Å². The molecule has 1 fully saturated rings. The van der Waals surface area contributed by atoms with Crippen molar-refractivity contribution in [3.05, 3.63) is 29.3 Å². The highest BCUT2D eigenvalue weighted by Crippen LogP contribution is 2.51. The molecule has 2 rings (SSSR count). The number of anilines is 1. The Morgan fingerprint density at radius 1 is 1.26 bits per heavy atom. The molecule has 0 unspecified atom stereocenters. The Balaban J connectivity index is 1.96. The van der Waals surface area contributed by atoms with E-state index < -0.39 is 5.97 Å². The van der Waals surface area contributed by atoms with E-state index in [0.717, 1.165) is 29.7 Å². The SMILES string of the molecule is Cc1ccc(NC(=O)CC2(CC(=O)O)CC2)c(C)c1. The molecular weight excluding hydrogens is 242 g/mol. The molecule has 1 aliphatic carbocycles. The average Bonchev–Trinajstić information content (AvgIpc) is 3.00. The first-order chi connectivity index (χ1) is 8.90. The summed E-state index contributed by atoms with van der Waals surface area (Å²) in [5.74, 6) is -0.914. The predicted molar refractivity (Wildman–Crippen MR) is 73.1 cm³/mol. The van der Waals surface area contributed by atoms with Crippen molar-refractivity contribution >= 4 is 17.6 Å². The number of rotatable bonds is 5. The average molecular weight is 261 g/mol. The molecule has 1 aromatic rings. The van der Waals surface area contributed by atoms with Crippen LogP contribution in [0.25, 0.3) is 0 Å². The van der Waals surface area contributed by atoms with Crippen LogP contribution in [0.4, 0.5) is 5.69 Å². The van der Waals surface area contributed by atoms with E-state index >= 15 is 0 Å². The highest BCUT2D eigenvalue weighted by Gasteiger charge is 2.45. The highest BCUT2D eigenvalue weighted by atomic mass is 16.4. The Hall–Kier alpha value is -1.84. The van der Waals surface area contributed by atoms with Crippen molar-refractivity contribution < 1.29 is 14.7 Å². The van der Waals surface area contributed by atoms with E-state index in [1.54, 1.807) is 0 Å². The maximum Gasteiger partial charge on any atom is 0.303 e. The number of benzene rings is 1. The fourth-order valence-electron chi connectivity index (χ4n) is 2.40. The fraction of sp³-hybridized carbons (Fsp3) is 0.467. The molecule has 1 aromatic carbocycles. The van der Waals surface area contributed by atoms with Gasteiger partial charge in [0.05, 0.1) is 6.42 Å². The number of nitrogens with one attached hydrogen (secondary N) is 1. The molecule has 4 nitrogen and oxygen atoms in total. The summed E-state index contributed by atoms with van der Waals surface area (Å²) in [4.78, 5) is 22.7. The Bertz CT molecular complexity index is 518. The van der Waals surface area contributed by atoms with Crippen molar-refractivity contribution in [2.45, 2.75) is 39.5 Å². The monoisotopic (exact) mass is 261 g/mol. The maximum atomic E-state index is 12.0. The van der Waals surface area contributed by atoms with E-state index in [2.05, 4.69) is 5.32 Å². The first-order valence-corrected chi connectivity index (χ1v) is 6.49. The zero-order valence-corrected chi connectivity index (χ0v) is 11.3. The Kier molecular flexibility index (Phi) is 3.60. The van der Waals surface area contributed by atoms with Crippen LogP contribution in [0.3, 0.4) is 0 Å². The van der Waals surface area contributed by atoms with Crippen molar-refractivity contribution in [2.24, 2.45) is 5.41 Å². The van der Waals surface area contributed by atoms with Crippen LogP contribution in [0.2, 0.25) is 0 Å². The van der Waals surface area contributed by atoms with Crippen molar-refractivity contribution in [1.82, 2.24) is 0 Å². The molecule has 1 aliphatic rings. The lowest BCUT2D eigenvalue weighted by atomic mass is 9.97. The standard InChI is InChI=1S/C15H19NO3/c1-10-3-4-12(11(2)7-10)16-13(17)8-15(5-6-15)9-14(18)19/h3-4,7H,5-6,8-9H2,1-2H3,(H,16,17)(H,18,19). The quantitative estimate of drug-likeness (QED) is 0.856. The molecule has 0 aromatic heterocycles. The van der Waals surface area contributed by atoms with Crippen LogP contribution in [0.5, 0.6) is 0 Å². The Labute approximate surface area is 112 Å². The van der Waals surface area contributed by atoms with Crippen LogP contribution in [0.1, 0.15) is 36.8 Å². The molecule has 0 radical (unpaired) electrons. The molecular formula is C15H19NO3. The first kappa shape index (κ1) is 13.6. The third-order valence-electron chi connectivity index (χ3n) is 3.67. The number of amides is 1. The number of carbonyl (C=O) groups is 2. The summed E-state index contributed by atoms with van der Waals surface area (Å²) in [5.41, 5.74) is 2.69. The van der Waals surface area contributed by atoms with Crippen LogP contribution in [0, 0.1) is 19.3 Å². The zero-order valence-electron chi connectivity index (χ0n) is 11.3. The van der Waals surface area contributed by atoms with Gasteiger partial charge in [0.15, 0.2) is 0 Å². The fourth-order valence-corrected chi connectivity index (χ4v) is 2.40. The minimum absolute atomic E-state index is 0.0906. The van der Waals surface area contributed by atoms with E-state index in [0.29, 0.717) is 6.42 Å². The molecule has 0 atom stereocenters. The van der Waals surface area contributed by atoms with Gasteiger partial charge in [-0.25, -0.2) is 0 Å². The summed E-state index contributed by atoms with van der Waals surface area (Å²) in [6.07, 6.45) is 2.05. The number of hydrogen-bond donors (Lipinski definition) is 2. The van der Waals surface area contributed by atoms with Gasteiger partial charge in [0.1, 0.15) is 0 Å². The zero-order chi connectivity index (χ0) is 14.0. The van der Waals surface area contributed by atoms with Gasteiger partial charge in [0, 0.05) is 12.1 Å². The molecule has 0 bridgehead atoms. The number of carbonyl (C=O) groups excluding carboxylic acids is 1. The summed E-state index contributed by atoms with van der Waals surface area (Å²) >= 11 is 0. The van der Waals surface area contributed by atoms with Gasteiger partial charge in [-0.1, -0.05) is 17.7 Å². The summed E-state index contributed by atoms with van der Waals surface area (Å²) < 4.78 is 0. The molecule has 2 N–H and O–H groups in total. The van der Waals surface area contributed by atoms with E-state index in [-0.39, 0.29) is 17.7 Å². The van der Waals surface area contributed by atoms with Gasteiger partial charge in [0.25, 0.3) is 0 Å². The van der Waals surface area contributed by atoms with Crippen LogP contribution in [-0.4, -0.2) is 17.0 Å². The molecule has 0 spiro atoms. The number of hydrogen-bond acceptors (Lipinski definition) is 2. The van der Waals surface area contributed by atoms with Crippen molar-refractivity contribution in [1.29, 1.82) is 0 Å². The lowest BCUT2D eigenvalue weighted by molar-refractivity contribution is -0.138. The molecule has 0 saturated heterocycles. The second-order valence-electron chi connectivity index (χ2n) is 5.61. The predicted octanol–water partition coefficient (Wildman–Crippen LogP) is 2.89. The molecule has 1 saturated carbocycles. The Morgan fingerprint density at radius 3 is 2.47 bits per heavy atom. The summed E-state index contributed by atoms with van der Waals surface area (Å²) in [5, 5.41) is 11.7. The summed E-state index contributed by atoms with van der Waals surface area (Å²) in [7, 11) is 0. The van der Waals surface area contributed by atoms with Gasteiger partial charge in [-0.15, -0.1) is 0 Å². The third-order valence-corrected chi connectivity index (χ3v) is 3.67. The van der Waals surface area contributed by atoms with Gasteiger partial charge >= 0.3 is 5.97 Å². The smallest absolute Gasteiger partial charge is 0.303 e. The van der Waals surface area contributed by atoms with Gasteiger partial charge in [0.2, 0.25) is 5.91 Å². The number of carboxylic acid groups (broad SMARTS) is 1. The lowest BCUT2D eigenvalue weighted by Gasteiger charge is -2.13. The van der Waals surface area contributed by atoms with Crippen LogP contribution >= 0.6 is 0 Å². The molecule has 0 aliphatic heterocycles. The van der Waals surface area contributed by atoms with E-state index in [9.17, 15) is 9.59 Å². The normalized spacial score (nSPS) is 15.9. The Morgan fingerprint density at radius 2 is 1.95 bits per heavy atom. The van der Waals surface area contributed by atoms with Gasteiger partial charge in [-0.2, -0.15) is 0 Å². The van der Waals surface area contributed by atoms with E-state index in [1.165, 1.54) is 0 Å². The molecule has 102 valence electrons. The van der Waals surface area contributed by atoms with E-state index in [1.807, 2.05) is 32.0 Å². The second kappa shape index (κ2) is 5.03. The van der Waals surface area contributed by atoms with Crippen molar-refractivity contribution in [3.8, 4) is 0 Å². The number of aryl methyl sites for hydroxylation is 2. The van der Waals surface area contributed by atoms with E-state index in [4.69, 9.17) is 5.11 Å². The molecule has 1 amide bonds. The summed E-state index contributed by atoms with van der Waals surface area (Å²) in [6, 6.07) is 5.85. The van der Waals surface area contributed by atoms with Gasteiger partial charge in [-0.3, -0.25) is 9.59 Å². The van der Waals surface area contributed by atoms with Crippen molar-refractivity contribution in [3.63, 3.8) is 0 Å². The van der Waals surface area contributed by atoms with Crippen LogP contribution in [0.15, 0.2) is 18.2 Å². The molecule has 19 heavy (non-hydrogen) atoms. The molecule has 4 heteroatoms. The largest absolute Gasteiger partial charge is 0.481 e. The minimum atomic E-state index is -0.822. The third kappa shape index (κ3) is 3.56. The topological polar surface area (TPSA) is 66.4 Å². The summed E-state index contributed by atoms with van der Waals surface area (Å²) in [6.45, 7) is 3.96. The van der Waals surface area contributed by atoms with Gasteiger partial charge < -0.3 is 10.4 Å². The minimum Gasteiger partial charge on any atom is -0.481 e. The maximum absolute atomic E-state index is 12.0. The number of aliphatic carboxylic acids is 1. The first-order valence-electron chi connectivity index (χ1n) is 6.49. The lowest BCUT2D eigenvalue weighted by Crippen LogP contribution is -2.20. The van der Waals surface area contributed by atoms with Gasteiger partial charge in [-0.05, 0) is 43.7 Å². The van der Waals surface area contributed by atoms with Crippen molar-refractivity contribution in [2.75, 3.05) is 5.32 Å².